The fraction of sp³-hybridized carbons (Fsp3) is 0.737. The molecule has 0 unspecified atom stereocenters. The highest BCUT2D eigenvalue weighted by molar-refractivity contribution is 7.11. The Morgan fingerprint density at radius 1 is 1.29 bits per heavy atom. The van der Waals surface area contributed by atoms with Gasteiger partial charge in [0.25, 0.3) is 0 Å². The number of amides is 1. The number of piperazine rings is 1. The van der Waals surface area contributed by atoms with Gasteiger partial charge in [-0.3, -0.25) is 4.90 Å². The van der Waals surface area contributed by atoms with Gasteiger partial charge < -0.3 is 20.3 Å². The molecule has 2 rings (SSSR count). The summed E-state index contributed by atoms with van der Waals surface area (Å²) >= 11 is 1.68. The Morgan fingerprint density at radius 3 is 2.57 bits per heavy atom. The molecule has 0 bridgehead atoms. The predicted molar refractivity (Wildman–Crippen MR) is 114 cm³/mol. The zero-order chi connectivity index (χ0) is 20.6. The molecule has 0 atom stereocenters. The summed E-state index contributed by atoms with van der Waals surface area (Å²) in [6.07, 6.45) is 1.66. The fourth-order valence-corrected chi connectivity index (χ4v) is 3.49. The van der Waals surface area contributed by atoms with Crippen LogP contribution in [0.15, 0.2) is 11.2 Å². The van der Waals surface area contributed by atoms with Crippen LogP contribution >= 0.6 is 11.3 Å². The number of aryl methyl sites for hydroxylation is 1. The van der Waals surface area contributed by atoms with Crippen molar-refractivity contribution < 1.29 is 9.53 Å². The van der Waals surface area contributed by atoms with Gasteiger partial charge in [0, 0.05) is 56.9 Å². The lowest BCUT2D eigenvalue weighted by atomic mass is 10.2. The molecule has 1 aromatic rings. The van der Waals surface area contributed by atoms with Crippen LogP contribution in [-0.2, 0) is 11.3 Å². The molecule has 158 valence electrons. The molecular weight excluding hydrogens is 376 g/mol. The van der Waals surface area contributed by atoms with E-state index in [9.17, 15) is 4.79 Å². The first-order valence-electron chi connectivity index (χ1n) is 9.90. The van der Waals surface area contributed by atoms with Crippen molar-refractivity contribution in [2.24, 2.45) is 4.99 Å². The number of nitrogens with zero attached hydrogens (tertiary/aromatic N) is 4. The molecule has 2 N–H and O–H groups in total. The van der Waals surface area contributed by atoms with Gasteiger partial charge in [-0.1, -0.05) is 0 Å². The smallest absolute Gasteiger partial charge is 0.410 e. The van der Waals surface area contributed by atoms with E-state index in [-0.39, 0.29) is 6.09 Å². The van der Waals surface area contributed by atoms with E-state index in [2.05, 4.69) is 39.4 Å². The van der Waals surface area contributed by atoms with E-state index < -0.39 is 5.60 Å². The lowest BCUT2D eigenvalue weighted by Crippen LogP contribution is -2.51. The zero-order valence-corrected chi connectivity index (χ0v) is 18.6. The van der Waals surface area contributed by atoms with E-state index in [1.165, 1.54) is 4.88 Å². The summed E-state index contributed by atoms with van der Waals surface area (Å²) in [5.41, 5.74) is -0.447. The molecule has 1 saturated heterocycles. The van der Waals surface area contributed by atoms with Crippen molar-refractivity contribution in [2.45, 2.75) is 46.8 Å². The molecule has 0 radical (unpaired) electrons. The van der Waals surface area contributed by atoms with Crippen molar-refractivity contribution in [3.63, 3.8) is 0 Å². The monoisotopic (exact) mass is 410 g/mol. The third-order valence-electron chi connectivity index (χ3n) is 4.13. The van der Waals surface area contributed by atoms with Gasteiger partial charge in [-0.2, -0.15) is 0 Å². The summed E-state index contributed by atoms with van der Waals surface area (Å²) in [7, 11) is 0. The highest BCUT2D eigenvalue weighted by Crippen LogP contribution is 2.12. The molecule has 1 fully saturated rings. The van der Waals surface area contributed by atoms with Crippen LogP contribution in [0.1, 0.15) is 37.6 Å². The van der Waals surface area contributed by atoms with Crippen molar-refractivity contribution in [1.29, 1.82) is 0 Å². The van der Waals surface area contributed by atoms with Gasteiger partial charge in [0.05, 0.1) is 6.54 Å². The van der Waals surface area contributed by atoms with Crippen molar-refractivity contribution in [2.75, 3.05) is 45.8 Å². The second kappa shape index (κ2) is 10.6. The van der Waals surface area contributed by atoms with E-state index in [1.807, 2.05) is 27.0 Å². The van der Waals surface area contributed by atoms with Gasteiger partial charge in [-0.05, 0) is 34.6 Å². The average molecular weight is 411 g/mol. The molecule has 1 aliphatic rings. The van der Waals surface area contributed by atoms with E-state index in [0.29, 0.717) is 19.6 Å². The summed E-state index contributed by atoms with van der Waals surface area (Å²) in [4.78, 5) is 26.4. The number of aromatic nitrogens is 1. The fourth-order valence-electron chi connectivity index (χ4n) is 2.78. The maximum absolute atomic E-state index is 12.1. The number of guanidine groups is 1. The largest absolute Gasteiger partial charge is 0.444 e. The SMILES string of the molecule is CCNC(=NCc1ncc(C)s1)NCCN1CCN(C(=O)OC(C)(C)C)CC1. The maximum Gasteiger partial charge on any atom is 0.410 e. The molecule has 0 aromatic carbocycles. The summed E-state index contributed by atoms with van der Waals surface area (Å²) in [6, 6.07) is 0. The van der Waals surface area contributed by atoms with Gasteiger partial charge in [0.2, 0.25) is 0 Å². The first-order valence-corrected chi connectivity index (χ1v) is 10.7. The molecule has 1 aliphatic heterocycles. The number of thiazole rings is 1. The molecule has 0 spiro atoms. The second-order valence-corrected chi connectivity index (χ2v) is 9.11. The average Bonchev–Trinajstić information content (AvgIpc) is 3.04. The minimum absolute atomic E-state index is 0.218. The van der Waals surface area contributed by atoms with Crippen LogP contribution in [0, 0.1) is 6.92 Å². The summed E-state index contributed by atoms with van der Waals surface area (Å²) in [6.45, 7) is 16.0. The number of nitrogens with one attached hydrogen (secondary N) is 2. The highest BCUT2D eigenvalue weighted by Gasteiger charge is 2.25. The van der Waals surface area contributed by atoms with Crippen molar-refractivity contribution in [3.8, 4) is 0 Å². The van der Waals surface area contributed by atoms with Crippen molar-refractivity contribution in [1.82, 2.24) is 25.4 Å². The van der Waals surface area contributed by atoms with Gasteiger partial charge in [-0.25, -0.2) is 14.8 Å². The summed E-state index contributed by atoms with van der Waals surface area (Å²) < 4.78 is 5.44. The van der Waals surface area contributed by atoms with Crippen LogP contribution in [-0.4, -0.2) is 78.3 Å². The van der Waals surface area contributed by atoms with E-state index in [0.717, 1.165) is 43.7 Å². The standard InChI is InChI=1S/C19H34N6O2S/c1-6-20-17(23-14-16-22-13-15(2)28-16)21-7-8-24-9-11-25(12-10-24)18(26)27-19(3,4)5/h13H,6-12,14H2,1-5H3,(H2,20,21,23). The number of hydrogen-bond donors (Lipinski definition) is 2. The number of hydrogen-bond acceptors (Lipinski definition) is 6. The van der Waals surface area contributed by atoms with Crippen LogP contribution in [0.2, 0.25) is 0 Å². The van der Waals surface area contributed by atoms with Crippen LogP contribution in [0.4, 0.5) is 4.79 Å². The van der Waals surface area contributed by atoms with E-state index in [1.54, 1.807) is 16.2 Å². The molecule has 9 heteroatoms. The lowest BCUT2D eigenvalue weighted by molar-refractivity contribution is 0.0147. The van der Waals surface area contributed by atoms with Gasteiger partial charge in [0.1, 0.15) is 10.6 Å². The highest BCUT2D eigenvalue weighted by atomic mass is 32.1. The molecule has 0 aliphatic carbocycles. The molecule has 1 amide bonds. The van der Waals surface area contributed by atoms with Crippen LogP contribution in [0.5, 0.6) is 0 Å². The van der Waals surface area contributed by atoms with Crippen LogP contribution in [0.3, 0.4) is 0 Å². The molecular formula is C19H34N6O2S. The first kappa shape index (κ1) is 22.4. The quantitative estimate of drug-likeness (QED) is 0.552. The van der Waals surface area contributed by atoms with Crippen molar-refractivity contribution in [3.05, 3.63) is 16.1 Å². The molecule has 28 heavy (non-hydrogen) atoms. The number of ether oxygens (including phenoxy) is 1. The zero-order valence-electron chi connectivity index (χ0n) is 17.7. The van der Waals surface area contributed by atoms with Gasteiger partial charge in [0.15, 0.2) is 5.96 Å². The Bertz CT molecular complexity index is 647. The van der Waals surface area contributed by atoms with E-state index in [4.69, 9.17) is 4.74 Å². The first-order chi connectivity index (χ1) is 13.3. The third kappa shape index (κ3) is 8.02. The second-order valence-electron chi connectivity index (χ2n) is 7.80. The maximum atomic E-state index is 12.1. The molecule has 1 aromatic heterocycles. The molecule has 2 heterocycles. The Balaban J connectivity index is 1.71. The van der Waals surface area contributed by atoms with Crippen molar-refractivity contribution >= 4 is 23.4 Å². The normalized spacial score (nSPS) is 16.2. The predicted octanol–water partition coefficient (Wildman–Crippen LogP) is 2.06. The third-order valence-corrected chi connectivity index (χ3v) is 5.03. The van der Waals surface area contributed by atoms with Crippen LogP contribution in [0.25, 0.3) is 0 Å². The summed E-state index contributed by atoms with van der Waals surface area (Å²) in [5.74, 6) is 0.808. The topological polar surface area (TPSA) is 82.1 Å². The number of rotatable bonds is 6. The number of carbonyl (C=O) groups is 1. The molecule has 0 saturated carbocycles. The Labute approximate surface area is 172 Å². The lowest BCUT2D eigenvalue weighted by Gasteiger charge is -2.35. The van der Waals surface area contributed by atoms with Gasteiger partial charge in [-0.15, -0.1) is 11.3 Å². The minimum Gasteiger partial charge on any atom is -0.444 e. The van der Waals surface area contributed by atoms with Gasteiger partial charge >= 0.3 is 6.09 Å². The Morgan fingerprint density at radius 2 is 2.00 bits per heavy atom. The van der Waals surface area contributed by atoms with Crippen LogP contribution < -0.4 is 10.6 Å². The molecule has 8 nitrogen and oxygen atoms in total. The van der Waals surface area contributed by atoms with E-state index >= 15 is 0 Å². The Hall–Kier alpha value is -1.87. The summed E-state index contributed by atoms with van der Waals surface area (Å²) in [5, 5.41) is 7.67. The number of aliphatic imine (C=N–C) groups is 1. The number of carbonyl (C=O) groups excluding carboxylic acids is 1. The Kier molecular flexibility index (Phi) is 8.50. The minimum atomic E-state index is -0.447.